The molecule has 1 fully saturated rings. The van der Waals surface area contributed by atoms with Gasteiger partial charge in [-0.15, -0.1) is 0 Å². The molecular weight excluding hydrogens is 256 g/mol. The molecule has 0 radical (unpaired) electrons. The Labute approximate surface area is 131 Å². The summed E-state index contributed by atoms with van der Waals surface area (Å²) in [6.45, 7) is 13.2. The Morgan fingerprint density at radius 3 is 2.57 bits per heavy atom. The second-order valence-corrected chi connectivity index (χ2v) is 7.42. The fourth-order valence-electron chi connectivity index (χ4n) is 3.39. The van der Waals surface area contributed by atoms with Crippen LogP contribution in [0.3, 0.4) is 0 Å². The van der Waals surface area contributed by atoms with Crippen molar-refractivity contribution in [2.75, 3.05) is 0 Å². The van der Waals surface area contributed by atoms with Gasteiger partial charge in [-0.25, -0.2) is 0 Å². The predicted molar refractivity (Wildman–Crippen MR) is 91.4 cm³/mol. The van der Waals surface area contributed by atoms with Crippen LogP contribution >= 0.6 is 0 Å². The van der Waals surface area contributed by atoms with E-state index in [1.54, 1.807) is 0 Å². The number of ether oxygens (including phenoxy) is 1. The summed E-state index contributed by atoms with van der Waals surface area (Å²) in [5.74, 6) is 0.611. The van der Waals surface area contributed by atoms with E-state index >= 15 is 0 Å². The first kappa shape index (κ1) is 16.5. The quantitative estimate of drug-likeness (QED) is 0.427. The highest BCUT2D eigenvalue weighted by Crippen LogP contribution is 2.45. The summed E-state index contributed by atoms with van der Waals surface area (Å²) in [6.07, 6.45) is 13.6. The molecule has 0 aromatic carbocycles. The molecule has 3 atom stereocenters. The smallest absolute Gasteiger partial charge is 0.0923 e. The van der Waals surface area contributed by atoms with Crippen molar-refractivity contribution < 1.29 is 4.74 Å². The first-order valence-electron chi connectivity index (χ1n) is 8.55. The lowest BCUT2D eigenvalue weighted by Gasteiger charge is -2.17. The van der Waals surface area contributed by atoms with Crippen LogP contribution in [-0.2, 0) is 4.74 Å². The van der Waals surface area contributed by atoms with Gasteiger partial charge in [0.15, 0.2) is 0 Å². The van der Waals surface area contributed by atoms with Crippen LogP contribution in [0, 0.1) is 5.92 Å². The summed E-state index contributed by atoms with van der Waals surface area (Å²) in [5.41, 5.74) is 4.50. The van der Waals surface area contributed by atoms with Crippen LogP contribution in [0.5, 0.6) is 0 Å². The average molecular weight is 288 g/mol. The lowest BCUT2D eigenvalue weighted by atomic mass is 9.86. The third-order valence-corrected chi connectivity index (χ3v) is 5.28. The molecule has 0 amide bonds. The third kappa shape index (κ3) is 4.85. The van der Waals surface area contributed by atoms with E-state index in [1.807, 2.05) is 0 Å². The van der Waals surface area contributed by atoms with Gasteiger partial charge in [0.25, 0.3) is 0 Å². The molecule has 0 N–H and O–H groups in total. The van der Waals surface area contributed by atoms with Crippen LogP contribution in [0.15, 0.2) is 35.5 Å². The maximum Gasteiger partial charge on any atom is 0.0923 e. The molecule has 0 spiro atoms. The second kappa shape index (κ2) is 6.96. The number of fused-ring (bicyclic) bond motifs is 1. The molecule has 1 aliphatic heterocycles. The maximum absolute atomic E-state index is 6.04. The molecule has 1 heteroatoms. The minimum Gasteiger partial charge on any atom is -0.366 e. The van der Waals surface area contributed by atoms with E-state index in [9.17, 15) is 0 Å². The number of epoxide rings is 1. The van der Waals surface area contributed by atoms with Crippen molar-refractivity contribution in [2.45, 2.75) is 84.3 Å². The monoisotopic (exact) mass is 288 g/mol. The van der Waals surface area contributed by atoms with Crippen LogP contribution < -0.4 is 0 Å². The summed E-state index contributed by atoms with van der Waals surface area (Å²) in [5, 5.41) is 0. The Morgan fingerprint density at radius 2 is 1.86 bits per heavy atom. The summed E-state index contributed by atoms with van der Waals surface area (Å²) in [6, 6.07) is 0. The highest BCUT2D eigenvalue weighted by Gasteiger charge is 2.51. The molecule has 2 aliphatic rings. The maximum atomic E-state index is 6.04. The van der Waals surface area contributed by atoms with Gasteiger partial charge in [-0.05, 0) is 78.6 Å². The van der Waals surface area contributed by atoms with Gasteiger partial charge in [0.2, 0.25) is 0 Å². The van der Waals surface area contributed by atoms with Crippen molar-refractivity contribution in [1.29, 1.82) is 0 Å². The Balaban J connectivity index is 2.05. The molecular formula is C20H32O. The van der Waals surface area contributed by atoms with Gasteiger partial charge in [-0.3, -0.25) is 0 Å². The van der Waals surface area contributed by atoms with Gasteiger partial charge in [0.1, 0.15) is 0 Å². The minimum absolute atomic E-state index is 0.124. The largest absolute Gasteiger partial charge is 0.366 e. The zero-order chi connectivity index (χ0) is 15.5. The predicted octanol–water partition coefficient (Wildman–Crippen LogP) is 5.97. The lowest BCUT2D eigenvalue weighted by molar-refractivity contribution is 0.289. The number of allylic oxidation sites excluding steroid dienone is 5. The van der Waals surface area contributed by atoms with Crippen molar-refractivity contribution >= 4 is 0 Å². The van der Waals surface area contributed by atoms with Gasteiger partial charge >= 0.3 is 0 Å². The standard InChI is InChI=1S/C20H32O/c1-15(2)18-12-11-17(4)9-6-8-16(3)10-7-13-20(5)19(14-18)21-20/h9-10,18-19H,1,6-8,11-14H2,2-5H3/b16-10+,17-9+/t18?,19-,20-/m0/s1. The van der Waals surface area contributed by atoms with E-state index < -0.39 is 0 Å². The van der Waals surface area contributed by atoms with Crippen molar-refractivity contribution in [3.05, 3.63) is 35.5 Å². The third-order valence-electron chi connectivity index (χ3n) is 5.28. The summed E-state index contributed by atoms with van der Waals surface area (Å²) in [4.78, 5) is 0. The Morgan fingerprint density at radius 1 is 1.19 bits per heavy atom. The lowest BCUT2D eigenvalue weighted by Crippen LogP contribution is -2.14. The Kier molecular flexibility index (Phi) is 5.48. The molecule has 21 heavy (non-hydrogen) atoms. The summed E-state index contributed by atoms with van der Waals surface area (Å²) < 4.78 is 6.04. The van der Waals surface area contributed by atoms with E-state index in [0.29, 0.717) is 12.0 Å². The molecule has 1 saturated heterocycles. The van der Waals surface area contributed by atoms with Crippen LogP contribution in [0.1, 0.15) is 72.6 Å². The van der Waals surface area contributed by atoms with Crippen molar-refractivity contribution in [1.82, 2.24) is 0 Å². The van der Waals surface area contributed by atoms with Crippen LogP contribution in [0.4, 0.5) is 0 Å². The topological polar surface area (TPSA) is 12.5 Å². The number of hydrogen-bond donors (Lipinski definition) is 0. The van der Waals surface area contributed by atoms with Gasteiger partial charge in [-0.2, -0.15) is 0 Å². The van der Waals surface area contributed by atoms with Gasteiger partial charge < -0.3 is 4.74 Å². The zero-order valence-corrected chi connectivity index (χ0v) is 14.4. The molecule has 0 saturated carbocycles. The highest BCUT2D eigenvalue weighted by atomic mass is 16.6. The van der Waals surface area contributed by atoms with E-state index in [2.05, 4.69) is 46.4 Å². The van der Waals surface area contributed by atoms with Crippen LogP contribution in [0.25, 0.3) is 0 Å². The Bertz CT molecular complexity index is 443. The summed E-state index contributed by atoms with van der Waals surface area (Å²) in [7, 11) is 0. The fourth-order valence-corrected chi connectivity index (χ4v) is 3.39. The van der Waals surface area contributed by atoms with E-state index in [4.69, 9.17) is 4.74 Å². The van der Waals surface area contributed by atoms with Crippen molar-refractivity contribution in [3.8, 4) is 0 Å². The second-order valence-electron chi connectivity index (χ2n) is 7.42. The molecule has 0 bridgehead atoms. The Hall–Kier alpha value is -0.820. The van der Waals surface area contributed by atoms with Crippen molar-refractivity contribution in [3.63, 3.8) is 0 Å². The number of rotatable bonds is 1. The highest BCUT2D eigenvalue weighted by molar-refractivity contribution is 5.10. The SMILES string of the molecule is C=C(C)C1CC/C(C)=C/CC/C(C)=C/CC[C@]2(C)O[C@H]2C1. The minimum atomic E-state index is 0.124. The number of hydrogen-bond acceptors (Lipinski definition) is 1. The fraction of sp³-hybridized carbons (Fsp3) is 0.700. The first-order valence-corrected chi connectivity index (χ1v) is 8.55. The molecule has 0 aromatic rings. The molecule has 118 valence electrons. The van der Waals surface area contributed by atoms with E-state index in [1.165, 1.54) is 42.4 Å². The van der Waals surface area contributed by atoms with Gasteiger partial charge in [0.05, 0.1) is 11.7 Å². The molecule has 1 aliphatic carbocycles. The van der Waals surface area contributed by atoms with Gasteiger partial charge in [-0.1, -0.05) is 35.5 Å². The van der Waals surface area contributed by atoms with Crippen LogP contribution in [0.2, 0.25) is 0 Å². The average Bonchev–Trinajstić information content (AvgIpc) is 3.03. The van der Waals surface area contributed by atoms with E-state index in [0.717, 1.165) is 19.3 Å². The zero-order valence-electron chi connectivity index (χ0n) is 14.4. The first-order chi connectivity index (χ1) is 9.90. The molecule has 0 aromatic heterocycles. The molecule has 2 rings (SSSR count). The molecule has 1 nitrogen and oxygen atoms in total. The normalized spacial score (nSPS) is 40.0. The van der Waals surface area contributed by atoms with E-state index in [-0.39, 0.29) is 5.60 Å². The van der Waals surface area contributed by atoms with Crippen molar-refractivity contribution in [2.24, 2.45) is 5.92 Å². The molecule has 1 heterocycles. The van der Waals surface area contributed by atoms with Gasteiger partial charge in [0, 0.05) is 0 Å². The van der Waals surface area contributed by atoms with Crippen LogP contribution in [-0.4, -0.2) is 11.7 Å². The molecule has 1 unspecified atom stereocenters. The summed E-state index contributed by atoms with van der Waals surface area (Å²) >= 11 is 0.